The summed E-state index contributed by atoms with van der Waals surface area (Å²) in [5, 5.41) is 5.70. The van der Waals surface area contributed by atoms with E-state index < -0.39 is 36.1 Å². The summed E-state index contributed by atoms with van der Waals surface area (Å²) >= 11 is 0. The maximum atomic E-state index is 14.4. The van der Waals surface area contributed by atoms with Crippen molar-refractivity contribution in [1.29, 1.82) is 0 Å². The number of rotatable bonds is 6. The molecule has 206 valence electrons. The van der Waals surface area contributed by atoms with Gasteiger partial charge in [-0.1, -0.05) is 12.1 Å². The number of hydrogen-bond acceptors (Lipinski definition) is 4. The Balaban J connectivity index is 1.36. The molecule has 3 heterocycles. The van der Waals surface area contributed by atoms with Gasteiger partial charge < -0.3 is 15.2 Å². The monoisotopic (exact) mass is 535 g/mol. The Hall–Kier alpha value is -3.59. The molecule has 2 amide bonds. The molecule has 1 aliphatic heterocycles. The van der Waals surface area contributed by atoms with Gasteiger partial charge >= 0.3 is 0 Å². The fourth-order valence-electron chi connectivity index (χ4n) is 5.92. The number of fused-ring (bicyclic) bond motifs is 1. The highest BCUT2D eigenvalue weighted by Crippen LogP contribution is 2.38. The third-order valence-corrected chi connectivity index (χ3v) is 7.95. The van der Waals surface area contributed by atoms with Crippen molar-refractivity contribution in [3.8, 4) is 11.1 Å². The zero-order chi connectivity index (χ0) is 27.7. The molecule has 0 spiro atoms. The number of alkyl halides is 2. The number of aryl methyl sites for hydroxylation is 2. The largest absolute Gasteiger partial charge is 0.339 e. The second-order valence-corrected chi connectivity index (χ2v) is 10.9. The van der Waals surface area contributed by atoms with Gasteiger partial charge in [-0.05, 0) is 81.1 Å². The summed E-state index contributed by atoms with van der Waals surface area (Å²) in [5.74, 6) is -4.43. The van der Waals surface area contributed by atoms with Crippen LogP contribution in [0.3, 0.4) is 0 Å². The Morgan fingerprint density at radius 1 is 1.08 bits per heavy atom. The Bertz CT molecular complexity index is 1350. The van der Waals surface area contributed by atoms with Gasteiger partial charge in [-0.25, -0.2) is 8.78 Å². The van der Waals surface area contributed by atoms with E-state index >= 15 is 0 Å². The molecular formula is C30H35F2N5O2. The number of benzene rings is 1. The lowest BCUT2D eigenvalue weighted by molar-refractivity contribution is -0.121. The van der Waals surface area contributed by atoms with E-state index in [0.29, 0.717) is 30.8 Å². The van der Waals surface area contributed by atoms with Crippen molar-refractivity contribution in [3.63, 3.8) is 0 Å². The molecule has 0 radical (unpaired) electrons. The first-order valence-electron chi connectivity index (χ1n) is 13.5. The first kappa shape index (κ1) is 27.0. The Labute approximate surface area is 227 Å². The molecule has 2 atom stereocenters. The summed E-state index contributed by atoms with van der Waals surface area (Å²) in [6.07, 6.45) is 1.90. The number of hydrogen-bond donors (Lipinski definition) is 2. The first-order chi connectivity index (χ1) is 18.6. The molecule has 1 aliphatic carbocycles. The summed E-state index contributed by atoms with van der Waals surface area (Å²) in [4.78, 5) is 33.4. The summed E-state index contributed by atoms with van der Waals surface area (Å²) in [5.41, 5.74) is 6.01. The summed E-state index contributed by atoms with van der Waals surface area (Å²) < 4.78 is 30.7. The van der Waals surface area contributed by atoms with E-state index in [-0.39, 0.29) is 6.42 Å². The first-order valence-corrected chi connectivity index (χ1v) is 13.5. The molecule has 0 bridgehead atoms. The van der Waals surface area contributed by atoms with Crippen LogP contribution in [0.1, 0.15) is 53.1 Å². The van der Waals surface area contributed by atoms with Crippen LogP contribution in [0.25, 0.3) is 11.1 Å². The van der Waals surface area contributed by atoms with Crippen molar-refractivity contribution in [2.45, 2.75) is 64.6 Å². The molecular weight excluding hydrogens is 500 g/mol. The van der Waals surface area contributed by atoms with Crippen molar-refractivity contribution in [3.05, 3.63) is 71.3 Å². The number of pyridine rings is 1. The minimum atomic E-state index is -2.86. The van der Waals surface area contributed by atoms with Crippen molar-refractivity contribution < 1.29 is 18.4 Å². The highest BCUT2D eigenvalue weighted by molar-refractivity contribution is 6.01. The van der Waals surface area contributed by atoms with Crippen LogP contribution >= 0.6 is 0 Å². The number of carbonyl (C=O) groups is 2. The number of anilines is 1. The van der Waals surface area contributed by atoms with Crippen molar-refractivity contribution in [2.24, 2.45) is 5.92 Å². The minimum absolute atomic E-state index is 0.194. The summed E-state index contributed by atoms with van der Waals surface area (Å²) in [6, 6.07) is 11.9. The second-order valence-electron chi connectivity index (χ2n) is 10.9. The Kier molecular flexibility index (Phi) is 7.53. The van der Waals surface area contributed by atoms with Gasteiger partial charge in [0.25, 0.3) is 5.91 Å². The topological polar surface area (TPSA) is 79.3 Å². The van der Waals surface area contributed by atoms with Gasteiger partial charge in [0.05, 0.1) is 0 Å². The van der Waals surface area contributed by atoms with Crippen molar-refractivity contribution >= 4 is 17.5 Å². The van der Waals surface area contributed by atoms with E-state index in [9.17, 15) is 18.4 Å². The standard InChI is InChI=1S/C30H35F2N5O2/c1-19-12-14-33-20(2)26(19)21-6-8-23(9-7-21)34-29(39)27(22-5-4-13-30(31,32)17-22)35-28(38)25-11-10-24-18-36(3)15-16-37(24)25/h6-12,14,22,27H,4-5,13,15-18H2,1-3H3,(H,34,39)(H,35,38)/t22-,27?/m0/s1. The predicted molar refractivity (Wildman–Crippen MR) is 147 cm³/mol. The smallest absolute Gasteiger partial charge is 0.268 e. The number of nitrogens with one attached hydrogen (secondary N) is 2. The minimum Gasteiger partial charge on any atom is -0.339 e. The van der Waals surface area contributed by atoms with E-state index in [4.69, 9.17) is 0 Å². The number of carbonyl (C=O) groups excluding carboxylic acids is 2. The lowest BCUT2D eigenvalue weighted by Gasteiger charge is -2.34. The van der Waals surface area contributed by atoms with Crippen LogP contribution in [0.2, 0.25) is 0 Å². The lowest BCUT2D eigenvalue weighted by atomic mass is 9.81. The lowest BCUT2D eigenvalue weighted by Crippen LogP contribution is -2.51. The molecule has 1 unspecified atom stereocenters. The van der Waals surface area contributed by atoms with E-state index in [1.165, 1.54) is 0 Å². The molecule has 2 N–H and O–H groups in total. The van der Waals surface area contributed by atoms with E-state index in [1.807, 2.05) is 49.7 Å². The highest BCUT2D eigenvalue weighted by atomic mass is 19.3. The molecule has 1 aromatic carbocycles. The quantitative estimate of drug-likeness (QED) is 0.456. The normalized spacial score (nSPS) is 19.7. The van der Waals surface area contributed by atoms with E-state index in [1.54, 1.807) is 24.4 Å². The van der Waals surface area contributed by atoms with Gasteiger partial charge in [0.15, 0.2) is 0 Å². The number of nitrogens with zero attached hydrogens (tertiary/aromatic N) is 3. The number of amides is 2. The molecule has 0 saturated heterocycles. The number of likely N-dealkylation sites (N-methyl/N-ethyl adjacent to an activating group) is 1. The van der Waals surface area contributed by atoms with Crippen LogP contribution in [-0.4, -0.2) is 51.8 Å². The fraction of sp³-hybridized carbons (Fsp3) is 0.433. The summed E-state index contributed by atoms with van der Waals surface area (Å²) in [7, 11) is 2.02. The van der Waals surface area contributed by atoms with E-state index in [0.717, 1.165) is 41.2 Å². The van der Waals surface area contributed by atoms with Crippen LogP contribution in [0, 0.1) is 19.8 Å². The third-order valence-electron chi connectivity index (χ3n) is 7.95. The molecule has 39 heavy (non-hydrogen) atoms. The predicted octanol–water partition coefficient (Wildman–Crippen LogP) is 5.17. The van der Waals surface area contributed by atoms with Crippen LogP contribution in [0.5, 0.6) is 0 Å². The molecule has 5 rings (SSSR count). The maximum absolute atomic E-state index is 14.4. The van der Waals surface area contributed by atoms with Gasteiger partial charge in [-0.15, -0.1) is 0 Å². The number of halogens is 2. The number of aromatic nitrogens is 2. The van der Waals surface area contributed by atoms with Crippen LogP contribution in [0.4, 0.5) is 14.5 Å². The molecule has 2 aromatic heterocycles. The van der Waals surface area contributed by atoms with Crippen LogP contribution in [0.15, 0.2) is 48.7 Å². The zero-order valence-corrected chi connectivity index (χ0v) is 22.6. The Morgan fingerprint density at radius 2 is 1.85 bits per heavy atom. The molecule has 2 aliphatic rings. The molecule has 1 saturated carbocycles. The van der Waals surface area contributed by atoms with Crippen molar-refractivity contribution in [1.82, 2.24) is 19.8 Å². The van der Waals surface area contributed by atoms with Crippen LogP contribution in [-0.2, 0) is 17.9 Å². The molecule has 7 nitrogen and oxygen atoms in total. The van der Waals surface area contributed by atoms with Crippen molar-refractivity contribution in [2.75, 3.05) is 18.9 Å². The Morgan fingerprint density at radius 3 is 2.56 bits per heavy atom. The van der Waals surface area contributed by atoms with Gasteiger partial charge in [-0.2, -0.15) is 0 Å². The second kappa shape index (κ2) is 10.9. The SMILES string of the molecule is Cc1ccnc(C)c1-c1ccc(NC(=O)C(NC(=O)c2ccc3n2CCN(C)C3)[C@H]2CCCC(F)(F)C2)cc1. The van der Waals surface area contributed by atoms with Crippen LogP contribution < -0.4 is 10.6 Å². The molecule has 9 heteroatoms. The van der Waals surface area contributed by atoms with E-state index in [2.05, 4.69) is 20.5 Å². The maximum Gasteiger partial charge on any atom is 0.268 e. The third kappa shape index (κ3) is 5.88. The average molecular weight is 536 g/mol. The molecule has 1 fully saturated rings. The van der Waals surface area contributed by atoms with Gasteiger partial charge in [-0.3, -0.25) is 19.5 Å². The zero-order valence-electron chi connectivity index (χ0n) is 22.6. The summed E-state index contributed by atoms with van der Waals surface area (Å²) in [6.45, 7) is 6.15. The van der Waals surface area contributed by atoms with Gasteiger partial charge in [0.1, 0.15) is 11.7 Å². The molecule has 3 aromatic rings. The van der Waals surface area contributed by atoms with Gasteiger partial charge in [0, 0.05) is 61.3 Å². The average Bonchev–Trinajstić information content (AvgIpc) is 3.30. The fourth-order valence-corrected chi connectivity index (χ4v) is 5.92. The van der Waals surface area contributed by atoms with Gasteiger partial charge in [0.2, 0.25) is 11.8 Å². The highest BCUT2D eigenvalue weighted by Gasteiger charge is 2.42.